The van der Waals surface area contributed by atoms with Crippen LogP contribution in [0.1, 0.15) is 0 Å². The Bertz CT molecular complexity index is 687. The van der Waals surface area contributed by atoms with Crippen LogP contribution in [-0.2, 0) is 0 Å². The van der Waals surface area contributed by atoms with E-state index in [9.17, 15) is 0 Å². The van der Waals surface area contributed by atoms with Crippen LogP contribution in [0.3, 0.4) is 0 Å². The van der Waals surface area contributed by atoms with Gasteiger partial charge in [-0.15, -0.1) is 0 Å². The molecular weight excluding hydrogens is 252 g/mol. The van der Waals surface area contributed by atoms with Crippen LogP contribution >= 0.6 is 11.6 Å². The summed E-state index contributed by atoms with van der Waals surface area (Å²) >= 11 is 6.08. The fraction of sp³-hybridized carbons (Fsp3) is 0. The van der Waals surface area contributed by atoms with Gasteiger partial charge in [0.15, 0.2) is 0 Å². The Morgan fingerprint density at radius 1 is 0.737 bits per heavy atom. The molecule has 3 aromatic carbocycles. The SMILES string of the molecule is Clc1cccc(-c2ccc[c]c2-c2ccccc2)c1. The van der Waals surface area contributed by atoms with Crippen molar-refractivity contribution in [3.63, 3.8) is 0 Å². The van der Waals surface area contributed by atoms with Gasteiger partial charge in [0.2, 0.25) is 0 Å². The molecule has 0 fully saturated rings. The Balaban J connectivity index is 2.18. The smallest absolute Gasteiger partial charge is 0.0412 e. The summed E-state index contributed by atoms with van der Waals surface area (Å²) in [5, 5.41) is 0.750. The summed E-state index contributed by atoms with van der Waals surface area (Å²) < 4.78 is 0. The van der Waals surface area contributed by atoms with Crippen LogP contribution in [0.15, 0.2) is 72.8 Å². The van der Waals surface area contributed by atoms with Crippen LogP contribution in [0, 0.1) is 6.07 Å². The summed E-state index contributed by atoms with van der Waals surface area (Å²) in [7, 11) is 0. The van der Waals surface area contributed by atoms with Crippen LogP contribution in [-0.4, -0.2) is 0 Å². The van der Waals surface area contributed by atoms with Crippen molar-refractivity contribution in [2.75, 3.05) is 0 Å². The zero-order valence-corrected chi connectivity index (χ0v) is 11.1. The first-order valence-electron chi connectivity index (χ1n) is 6.17. The van der Waals surface area contributed by atoms with Gasteiger partial charge >= 0.3 is 0 Å². The second kappa shape index (κ2) is 5.29. The molecule has 91 valence electrons. The van der Waals surface area contributed by atoms with Crippen molar-refractivity contribution in [3.8, 4) is 22.3 Å². The third-order valence-corrected chi connectivity index (χ3v) is 3.29. The van der Waals surface area contributed by atoms with E-state index in [-0.39, 0.29) is 0 Å². The first-order valence-corrected chi connectivity index (χ1v) is 6.54. The molecule has 0 amide bonds. The summed E-state index contributed by atoms with van der Waals surface area (Å²) in [6.45, 7) is 0. The molecule has 0 aliphatic heterocycles. The Kier molecular flexibility index (Phi) is 3.35. The molecule has 0 aliphatic carbocycles. The minimum atomic E-state index is 0.750. The molecule has 1 heteroatoms. The Labute approximate surface area is 118 Å². The molecule has 19 heavy (non-hydrogen) atoms. The third-order valence-electron chi connectivity index (χ3n) is 3.05. The molecule has 0 spiro atoms. The van der Waals surface area contributed by atoms with E-state index in [0.29, 0.717) is 0 Å². The highest BCUT2D eigenvalue weighted by molar-refractivity contribution is 6.30. The van der Waals surface area contributed by atoms with E-state index < -0.39 is 0 Å². The standard InChI is InChI=1S/C18H12Cl/c19-16-10-6-9-15(13-16)18-12-5-4-11-17(18)14-7-2-1-3-8-14/h1-10,12-13H. The molecule has 0 nitrogen and oxygen atoms in total. The Morgan fingerprint density at radius 2 is 1.53 bits per heavy atom. The van der Waals surface area contributed by atoms with Crippen molar-refractivity contribution < 1.29 is 0 Å². The molecule has 0 saturated heterocycles. The van der Waals surface area contributed by atoms with E-state index >= 15 is 0 Å². The average Bonchev–Trinajstić information content (AvgIpc) is 2.48. The second-order valence-electron chi connectivity index (χ2n) is 4.34. The highest BCUT2D eigenvalue weighted by Gasteiger charge is 2.06. The van der Waals surface area contributed by atoms with Gasteiger partial charge < -0.3 is 0 Å². The van der Waals surface area contributed by atoms with Crippen LogP contribution < -0.4 is 0 Å². The van der Waals surface area contributed by atoms with E-state index in [0.717, 1.165) is 27.3 Å². The van der Waals surface area contributed by atoms with Gasteiger partial charge in [0.05, 0.1) is 0 Å². The average molecular weight is 264 g/mol. The largest absolute Gasteiger partial charge is 0.0843 e. The first kappa shape index (κ1) is 12.0. The monoisotopic (exact) mass is 263 g/mol. The maximum atomic E-state index is 6.08. The van der Waals surface area contributed by atoms with Crippen molar-refractivity contribution in [2.45, 2.75) is 0 Å². The van der Waals surface area contributed by atoms with E-state index in [1.54, 1.807) is 0 Å². The molecule has 0 aliphatic rings. The van der Waals surface area contributed by atoms with E-state index in [4.69, 9.17) is 11.6 Å². The molecular formula is C18H12Cl. The number of halogens is 1. The number of benzene rings is 3. The zero-order valence-electron chi connectivity index (χ0n) is 10.3. The summed E-state index contributed by atoms with van der Waals surface area (Å²) in [6.07, 6.45) is 0. The maximum Gasteiger partial charge on any atom is 0.0412 e. The van der Waals surface area contributed by atoms with Gasteiger partial charge in [-0.25, -0.2) is 0 Å². The molecule has 0 N–H and O–H groups in total. The second-order valence-corrected chi connectivity index (χ2v) is 4.77. The third kappa shape index (κ3) is 2.54. The highest BCUT2D eigenvalue weighted by Crippen LogP contribution is 2.32. The molecule has 0 heterocycles. The van der Waals surface area contributed by atoms with Crippen LogP contribution in [0.4, 0.5) is 0 Å². The maximum absolute atomic E-state index is 6.08. The van der Waals surface area contributed by atoms with Gasteiger partial charge in [0.25, 0.3) is 0 Å². The number of rotatable bonds is 2. The van der Waals surface area contributed by atoms with Crippen molar-refractivity contribution in [1.29, 1.82) is 0 Å². The molecule has 0 aromatic heterocycles. The zero-order chi connectivity index (χ0) is 13.1. The summed E-state index contributed by atoms with van der Waals surface area (Å²) in [6, 6.07) is 27.6. The number of hydrogen-bond acceptors (Lipinski definition) is 0. The van der Waals surface area contributed by atoms with Crippen molar-refractivity contribution >= 4 is 11.6 Å². The molecule has 0 atom stereocenters. The normalized spacial score (nSPS) is 10.4. The summed E-state index contributed by atoms with van der Waals surface area (Å²) in [5.41, 5.74) is 4.53. The van der Waals surface area contributed by atoms with Gasteiger partial charge in [-0.3, -0.25) is 0 Å². The van der Waals surface area contributed by atoms with Gasteiger partial charge in [0.1, 0.15) is 0 Å². The fourth-order valence-electron chi connectivity index (χ4n) is 2.18. The highest BCUT2D eigenvalue weighted by atomic mass is 35.5. The predicted molar refractivity (Wildman–Crippen MR) is 81.2 cm³/mol. The minimum Gasteiger partial charge on any atom is -0.0843 e. The lowest BCUT2D eigenvalue weighted by atomic mass is 9.95. The molecule has 1 radical (unpaired) electrons. The van der Waals surface area contributed by atoms with E-state index in [1.807, 2.05) is 48.5 Å². The molecule has 0 unspecified atom stereocenters. The van der Waals surface area contributed by atoms with Crippen LogP contribution in [0.5, 0.6) is 0 Å². The summed E-state index contributed by atoms with van der Waals surface area (Å²) in [5.74, 6) is 0. The summed E-state index contributed by atoms with van der Waals surface area (Å²) in [4.78, 5) is 0. The number of hydrogen-bond donors (Lipinski definition) is 0. The van der Waals surface area contributed by atoms with E-state index in [1.165, 1.54) is 0 Å². The van der Waals surface area contributed by atoms with Crippen LogP contribution in [0.25, 0.3) is 22.3 Å². The quantitative estimate of drug-likeness (QED) is 0.575. The van der Waals surface area contributed by atoms with Gasteiger partial charge in [-0.2, -0.15) is 0 Å². The molecule has 3 aromatic rings. The Morgan fingerprint density at radius 3 is 2.32 bits per heavy atom. The topological polar surface area (TPSA) is 0 Å². The van der Waals surface area contributed by atoms with Crippen molar-refractivity contribution in [3.05, 3.63) is 83.9 Å². The van der Waals surface area contributed by atoms with Crippen LogP contribution in [0.2, 0.25) is 5.02 Å². The van der Waals surface area contributed by atoms with Gasteiger partial charge in [0, 0.05) is 5.02 Å². The lowest BCUT2D eigenvalue weighted by molar-refractivity contribution is 1.57. The lowest BCUT2D eigenvalue weighted by Gasteiger charge is -2.09. The molecule has 3 rings (SSSR count). The van der Waals surface area contributed by atoms with Gasteiger partial charge in [-0.1, -0.05) is 72.3 Å². The Hall–Kier alpha value is -2.05. The van der Waals surface area contributed by atoms with Gasteiger partial charge in [-0.05, 0) is 40.5 Å². The first-order chi connectivity index (χ1) is 9.34. The minimum absolute atomic E-state index is 0.750. The predicted octanol–water partition coefficient (Wildman–Crippen LogP) is 5.47. The van der Waals surface area contributed by atoms with Crippen molar-refractivity contribution in [2.24, 2.45) is 0 Å². The molecule has 0 bridgehead atoms. The lowest BCUT2D eigenvalue weighted by Crippen LogP contribution is -1.84. The van der Waals surface area contributed by atoms with Crippen molar-refractivity contribution in [1.82, 2.24) is 0 Å². The van der Waals surface area contributed by atoms with E-state index in [2.05, 4.69) is 30.3 Å². The molecule has 0 saturated carbocycles. The fourth-order valence-corrected chi connectivity index (χ4v) is 2.37.